The molecule has 0 aliphatic heterocycles. The Morgan fingerprint density at radius 3 is 2.53 bits per heavy atom. The van der Waals surface area contributed by atoms with Crippen molar-refractivity contribution in [3.8, 4) is 0 Å². The summed E-state index contributed by atoms with van der Waals surface area (Å²) in [5.41, 5.74) is 6.04. The third-order valence-corrected chi connectivity index (χ3v) is 5.67. The van der Waals surface area contributed by atoms with Crippen LogP contribution in [0.15, 0.2) is 27.6 Å². The van der Waals surface area contributed by atoms with Gasteiger partial charge in [-0.05, 0) is 49.8 Å². The maximum absolute atomic E-state index is 12.3. The van der Waals surface area contributed by atoms with Gasteiger partial charge < -0.3 is 5.73 Å². The first kappa shape index (κ1) is 14.8. The van der Waals surface area contributed by atoms with Crippen LogP contribution in [0.5, 0.6) is 0 Å². The van der Waals surface area contributed by atoms with Gasteiger partial charge in [-0.1, -0.05) is 22.9 Å². The SMILES string of the molecule is CC1CCC(NS(=O)(=O)c2cc(Br)ccc2N)CC1. The predicted molar refractivity (Wildman–Crippen MR) is 80.3 cm³/mol. The fourth-order valence-electron chi connectivity index (χ4n) is 2.40. The first-order valence-corrected chi connectivity index (χ1v) is 8.73. The van der Waals surface area contributed by atoms with Crippen LogP contribution in [0.1, 0.15) is 32.6 Å². The van der Waals surface area contributed by atoms with E-state index < -0.39 is 10.0 Å². The van der Waals surface area contributed by atoms with Gasteiger partial charge in [0.05, 0.1) is 5.69 Å². The fraction of sp³-hybridized carbons (Fsp3) is 0.538. The van der Waals surface area contributed by atoms with Gasteiger partial charge in [-0.2, -0.15) is 0 Å². The minimum absolute atomic E-state index is 0.0274. The number of hydrogen-bond acceptors (Lipinski definition) is 3. The lowest BCUT2D eigenvalue weighted by atomic mass is 9.88. The second kappa shape index (κ2) is 5.81. The summed E-state index contributed by atoms with van der Waals surface area (Å²) in [6.07, 6.45) is 3.94. The van der Waals surface area contributed by atoms with Crippen LogP contribution < -0.4 is 10.5 Å². The molecular formula is C13H19BrN2O2S. The van der Waals surface area contributed by atoms with Crippen molar-refractivity contribution >= 4 is 31.6 Å². The smallest absolute Gasteiger partial charge is 0.242 e. The zero-order valence-electron chi connectivity index (χ0n) is 10.9. The monoisotopic (exact) mass is 346 g/mol. The fourth-order valence-corrected chi connectivity index (χ4v) is 4.38. The number of halogens is 1. The van der Waals surface area contributed by atoms with E-state index in [9.17, 15) is 8.42 Å². The maximum atomic E-state index is 12.3. The van der Waals surface area contributed by atoms with Gasteiger partial charge in [0, 0.05) is 10.5 Å². The lowest BCUT2D eigenvalue weighted by molar-refractivity contribution is 0.332. The molecule has 0 aromatic heterocycles. The van der Waals surface area contributed by atoms with E-state index in [1.54, 1.807) is 18.2 Å². The number of nitrogen functional groups attached to an aromatic ring is 1. The Morgan fingerprint density at radius 2 is 1.89 bits per heavy atom. The Bertz CT molecular complexity index is 552. The molecule has 0 radical (unpaired) electrons. The van der Waals surface area contributed by atoms with Gasteiger partial charge >= 0.3 is 0 Å². The van der Waals surface area contributed by atoms with Crippen molar-refractivity contribution < 1.29 is 8.42 Å². The zero-order chi connectivity index (χ0) is 14.0. The third-order valence-electron chi connectivity index (χ3n) is 3.60. The number of hydrogen-bond donors (Lipinski definition) is 2. The Balaban J connectivity index is 2.16. The van der Waals surface area contributed by atoms with E-state index in [0.717, 1.165) is 25.7 Å². The van der Waals surface area contributed by atoms with Crippen molar-refractivity contribution in [1.82, 2.24) is 4.72 Å². The molecule has 106 valence electrons. The summed E-state index contributed by atoms with van der Waals surface area (Å²) in [5.74, 6) is 0.691. The topological polar surface area (TPSA) is 72.2 Å². The van der Waals surface area contributed by atoms with E-state index in [1.807, 2.05) is 0 Å². The largest absolute Gasteiger partial charge is 0.398 e. The highest BCUT2D eigenvalue weighted by Crippen LogP contribution is 2.27. The van der Waals surface area contributed by atoms with Crippen LogP contribution >= 0.6 is 15.9 Å². The lowest BCUT2D eigenvalue weighted by Gasteiger charge is -2.26. The highest BCUT2D eigenvalue weighted by molar-refractivity contribution is 9.10. The molecule has 0 bridgehead atoms. The number of rotatable bonds is 3. The van der Waals surface area contributed by atoms with E-state index >= 15 is 0 Å². The van der Waals surface area contributed by atoms with Gasteiger partial charge in [0.15, 0.2) is 0 Å². The molecule has 1 aliphatic carbocycles. The summed E-state index contributed by atoms with van der Waals surface area (Å²) in [7, 11) is -3.54. The number of benzene rings is 1. The van der Waals surface area contributed by atoms with Crippen LogP contribution in [0.2, 0.25) is 0 Å². The number of anilines is 1. The van der Waals surface area contributed by atoms with Gasteiger partial charge in [-0.25, -0.2) is 13.1 Å². The Kier molecular flexibility index (Phi) is 4.53. The van der Waals surface area contributed by atoms with Gasteiger partial charge in [-0.15, -0.1) is 0 Å². The molecule has 3 N–H and O–H groups in total. The molecule has 4 nitrogen and oxygen atoms in total. The van der Waals surface area contributed by atoms with Crippen molar-refractivity contribution in [2.75, 3.05) is 5.73 Å². The number of sulfonamides is 1. The molecule has 19 heavy (non-hydrogen) atoms. The molecule has 0 spiro atoms. The summed E-state index contributed by atoms with van der Waals surface area (Å²) in [4.78, 5) is 0.153. The second-order valence-corrected chi connectivity index (χ2v) is 7.86. The molecule has 0 amide bonds. The van der Waals surface area contributed by atoms with E-state index in [2.05, 4.69) is 27.6 Å². The van der Waals surface area contributed by atoms with Crippen molar-refractivity contribution in [1.29, 1.82) is 0 Å². The highest BCUT2D eigenvalue weighted by Gasteiger charge is 2.25. The molecule has 1 fully saturated rings. The summed E-state index contributed by atoms with van der Waals surface area (Å²) >= 11 is 3.27. The molecule has 6 heteroatoms. The minimum atomic E-state index is -3.54. The maximum Gasteiger partial charge on any atom is 0.242 e. The van der Waals surface area contributed by atoms with Gasteiger partial charge in [0.25, 0.3) is 0 Å². The second-order valence-electron chi connectivity index (χ2n) is 5.26. The average molecular weight is 347 g/mol. The van der Waals surface area contributed by atoms with Crippen LogP contribution in [0.3, 0.4) is 0 Å². The molecule has 1 saturated carbocycles. The van der Waals surface area contributed by atoms with Crippen LogP contribution in [0.4, 0.5) is 5.69 Å². The third kappa shape index (κ3) is 3.70. The molecule has 0 atom stereocenters. The summed E-state index contributed by atoms with van der Waals surface area (Å²) in [5, 5.41) is 0. The van der Waals surface area contributed by atoms with Crippen molar-refractivity contribution in [2.45, 2.75) is 43.5 Å². The number of nitrogens with two attached hydrogens (primary N) is 1. The standard InChI is InChI=1S/C13H19BrN2O2S/c1-9-2-5-11(6-3-9)16-19(17,18)13-8-10(14)4-7-12(13)15/h4,7-9,11,16H,2-3,5-6,15H2,1H3. The van der Waals surface area contributed by atoms with Crippen LogP contribution in [0.25, 0.3) is 0 Å². The molecule has 1 aromatic carbocycles. The molecule has 0 heterocycles. The average Bonchev–Trinajstić information content (AvgIpc) is 2.35. The van der Waals surface area contributed by atoms with Crippen molar-refractivity contribution in [2.24, 2.45) is 5.92 Å². The van der Waals surface area contributed by atoms with Crippen LogP contribution in [-0.2, 0) is 10.0 Å². The van der Waals surface area contributed by atoms with Gasteiger partial charge in [0.1, 0.15) is 4.90 Å². The van der Waals surface area contributed by atoms with Gasteiger partial charge in [0.2, 0.25) is 10.0 Å². The van der Waals surface area contributed by atoms with Crippen LogP contribution in [0, 0.1) is 5.92 Å². The van der Waals surface area contributed by atoms with Gasteiger partial charge in [-0.3, -0.25) is 0 Å². The zero-order valence-corrected chi connectivity index (χ0v) is 13.3. The van der Waals surface area contributed by atoms with Crippen molar-refractivity contribution in [3.05, 3.63) is 22.7 Å². The molecule has 1 aliphatic rings. The molecule has 2 rings (SSSR count). The summed E-state index contributed by atoms with van der Waals surface area (Å²) in [6.45, 7) is 2.21. The lowest BCUT2D eigenvalue weighted by Crippen LogP contribution is -2.37. The molecule has 0 saturated heterocycles. The quantitative estimate of drug-likeness (QED) is 0.826. The van der Waals surface area contributed by atoms with E-state index in [-0.39, 0.29) is 16.6 Å². The van der Waals surface area contributed by atoms with E-state index in [4.69, 9.17) is 5.73 Å². The van der Waals surface area contributed by atoms with Crippen LogP contribution in [-0.4, -0.2) is 14.5 Å². The summed E-state index contributed by atoms with van der Waals surface area (Å²) < 4.78 is 28.2. The van der Waals surface area contributed by atoms with Crippen molar-refractivity contribution in [3.63, 3.8) is 0 Å². The Morgan fingerprint density at radius 1 is 1.26 bits per heavy atom. The first-order chi connectivity index (χ1) is 8.88. The Labute approximate surface area is 122 Å². The van der Waals surface area contributed by atoms with E-state index in [0.29, 0.717) is 10.4 Å². The highest BCUT2D eigenvalue weighted by atomic mass is 79.9. The predicted octanol–water partition coefficient (Wildman–Crippen LogP) is 2.89. The normalized spacial score (nSPS) is 24.3. The Hall–Kier alpha value is -0.590. The molecular weight excluding hydrogens is 328 g/mol. The minimum Gasteiger partial charge on any atom is -0.398 e. The molecule has 1 aromatic rings. The summed E-state index contributed by atoms with van der Waals surface area (Å²) in [6, 6.07) is 4.90. The van der Waals surface area contributed by atoms with E-state index in [1.165, 1.54) is 0 Å². The number of nitrogens with one attached hydrogen (secondary N) is 1. The first-order valence-electron chi connectivity index (χ1n) is 6.46. The molecule has 0 unspecified atom stereocenters.